The van der Waals surface area contributed by atoms with Gasteiger partial charge in [-0.15, -0.1) is 0 Å². The Morgan fingerprint density at radius 1 is 1.36 bits per heavy atom. The lowest BCUT2D eigenvalue weighted by atomic mass is 10.1. The van der Waals surface area contributed by atoms with E-state index in [9.17, 15) is 4.79 Å². The molecule has 2 unspecified atom stereocenters. The Morgan fingerprint density at radius 3 is 2.86 bits per heavy atom. The number of amides is 1. The van der Waals surface area contributed by atoms with Gasteiger partial charge in [-0.05, 0) is 44.4 Å². The van der Waals surface area contributed by atoms with Crippen LogP contribution < -0.4 is 0 Å². The molecule has 5 heteroatoms. The maximum absolute atomic E-state index is 12.8. The summed E-state index contributed by atoms with van der Waals surface area (Å²) in [5.74, 6) is 0.0459. The smallest absolute Gasteiger partial charge is 0.256 e. The molecule has 2 atom stereocenters. The van der Waals surface area contributed by atoms with Crippen LogP contribution in [0.3, 0.4) is 0 Å². The van der Waals surface area contributed by atoms with Crippen molar-refractivity contribution in [3.63, 3.8) is 0 Å². The Bertz CT molecular complexity index is 669. The van der Waals surface area contributed by atoms with Gasteiger partial charge in [-0.25, -0.2) is 0 Å². The predicted molar refractivity (Wildman–Crippen MR) is 88.2 cm³/mol. The van der Waals surface area contributed by atoms with Crippen LogP contribution in [0.2, 0.25) is 0 Å². The molecule has 0 spiro atoms. The summed E-state index contributed by atoms with van der Waals surface area (Å²) in [6.07, 6.45) is 0.0819. The highest BCUT2D eigenvalue weighted by Crippen LogP contribution is 2.23. The van der Waals surface area contributed by atoms with Crippen molar-refractivity contribution in [1.29, 1.82) is 0 Å². The molecule has 2 aromatic heterocycles. The summed E-state index contributed by atoms with van der Waals surface area (Å²) in [5.41, 5.74) is 3.47. The Hall–Kier alpha value is -1.72. The van der Waals surface area contributed by atoms with Crippen molar-refractivity contribution in [2.45, 2.75) is 32.9 Å². The third kappa shape index (κ3) is 2.91. The van der Waals surface area contributed by atoms with E-state index in [2.05, 4.69) is 10.4 Å². The molecule has 0 N–H and O–H groups in total. The minimum atomic E-state index is 0.0459. The molecule has 3 rings (SSSR count). The third-order valence-corrected chi connectivity index (χ3v) is 4.69. The van der Waals surface area contributed by atoms with Gasteiger partial charge in [-0.3, -0.25) is 9.78 Å². The molecular weight excluding hydrogens is 296 g/mol. The zero-order valence-electron chi connectivity index (χ0n) is 13.1. The van der Waals surface area contributed by atoms with E-state index in [0.717, 1.165) is 17.0 Å². The van der Waals surface area contributed by atoms with E-state index in [1.807, 2.05) is 49.3 Å². The zero-order chi connectivity index (χ0) is 15.7. The van der Waals surface area contributed by atoms with Crippen LogP contribution in [0.4, 0.5) is 0 Å². The lowest BCUT2D eigenvalue weighted by Gasteiger charge is -2.37. The first-order valence-electron chi connectivity index (χ1n) is 7.49. The van der Waals surface area contributed by atoms with Crippen molar-refractivity contribution in [3.05, 3.63) is 40.2 Å². The molecule has 4 nitrogen and oxygen atoms in total. The average Bonchev–Trinajstić information content (AvgIpc) is 3.03. The molecule has 0 aliphatic carbocycles. The minimum absolute atomic E-state index is 0.0459. The van der Waals surface area contributed by atoms with Gasteiger partial charge in [-0.1, -0.05) is 0 Å². The van der Waals surface area contributed by atoms with Gasteiger partial charge in [0.2, 0.25) is 0 Å². The van der Waals surface area contributed by atoms with Crippen LogP contribution in [-0.2, 0) is 4.74 Å². The van der Waals surface area contributed by atoms with Gasteiger partial charge in [0.1, 0.15) is 0 Å². The molecule has 116 valence electrons. The van der Waals surface area contributed by atoms with E-state index in [0.29, 0.717) is 18.7 Å². The molecule has 0 bridgehead atoms. The van der Waals surface area contributed by atoms with Crippen LogP contribution in [0, 0.1) is 6.92 Å². The van der Waals surface area contributed by atoms with Crippen LogP contribution in [0.5, 0.6) is 0 Å². The van der Waals surface area contributed by atoms with E-state index < -0.39 is 0 Å². The average molecular weight is 316 g/mol. The van der Waals surface area contributed by atoms with E-state index in [1.54, 1.807) is 11.3 Å². The quantitative estimate of drug-likeness (QED) is 0.853. The number of aryl methyl sites for hydroxylation is 1. The molecule has 3 heterocycles. The van der Waals surface area contributed by atoms with Crippen molar-refractivity contribution >= 4 is 17.2 Å². The van der Waals surface area contributed by atoms with Gasteiger partial charge in [-0.2, -0.15) is 11.3 Å². The first-order valence-corrected chi connectivity index (χ1v) is 8.43. The van der Waals surface area contributed by atoms with E-state index in [1.165, 1.54) is 0 Å². The van der Waals surface area contributed by atoms with Crippen LogP contribution in [0.1, 0.15) is 29.9 Å². The number of hydrogen-bond acceptors (Lipinski definition) is 4. The topological polar surface area (TPSA) is 42.4 Å². The first kappa shape index (κ1) is 15.2. The van der Waals surface area contributed by atoms with Crippen LogP contribution in [0.25, 0.3) is 11.3 Å². The predicted octanol–water partition coefficient (Wildman–Crippen LogP) is 3.37. The standard InChI is InChI=1S/C17H20N2O2S/c1-11-9-21-12(2)8-19(11)17(20)15-4-5-16(18-13(15)3)14-6-7-22-10-14/h4-7,10-12H,8-9H2,1-3H3. The van der Waals surface area contributed by atoms with Gasteiger partial charge >= 0.3 is 0 Å². The maximum Gasteiger partial charge on any atom is 0.256 e. The number of carbonyl (C=O) groups is 1. The second kappa shape index (κ2) is 6.18. The molecule has 1 amide bonds. The summed E-state index contributed by atoms with van der Waals surface area (Å²) < 4.78 is 5.60. The number of thiophene rings is 1. The second-order valence-corrected chi connectivity index (χ2v) is 6.57. The molecule has 1 aliphatic heterocycles. The molecule has 0 aromatic carbocycles. The van der Waals surface area contributed by atoms with Crippen molar-refractivity contribution in [3.8, 4) is 11.3 Å². The number of pyridine rings is 1. The van der Waals surface area contributed by atoms with E-state index >= 15 is 0 Å². The first-order chi connectivity index (χ1) is 10.6. The summed E-state index contributed by atoms with van der Waals surface area (Å²) >= 11 is 1.64. The van der Waals surface area contributed by atoms with Crippen molar-refractivity contribution in [1.82, 2.24) is 9.88 Å². The van der Waals surface area contributed by atoms with Gasteiger partial charge in [0, 0.05) is 17.5 Å². The van der Waals surface area contributed by atoms with Crippen LogP contribution in [-0.4, -0.2) is 41.1 Å². The Morgan fingerprint density at radius 2 is 2.18 bits per heavy atom. The fourth-order valence-corrected chi connectivity index (χ4v) is 3.35. The van der Waals surface area contributed by atoms with E-state index in [4.69, 9.17) is 4.74 Å². The van der Waals surface area contributed by atoms with Crippen LogP contribution >= 0.6 is 11.3 Å². The Balaban J connectivity index is 1.86. The van der Waals surface area contributed by atoms with E-state index in [-0.39, 0.29) is 18.1 Å². The zero-order valence-corrected chi connectivity index (χ0v) is 13.9. The fourth-order valence-electron chi connectivity index (χ4n) is 2.70. The van der Waals surface area contributed by atoms with Crippen molar-refractivity contribution in [2.24, 2.45) is 0 Å². The largest absolute Gasteiger partial charge is 0.375 e. The third-order valence-electron chi connectivity index (χ3n) is 4.00. The van der Waals surface area contributed by atoms with Crippen molar-refractivity contribution < 1.29 is 9.53 Å². The molecular formula is C17H20N2O2S. The van der Waals surface area contributed by atoms with Gasteiger partial charge in [0.15, 0.2) is 0 Å². The molecule has 2 aromatic rings. The Kier molecular flexibility index (Phi) is 4.27. The second-order valence-electron chi connectivity index (χ2n) is 5.79. The van der Waals surface area contributed by atoms with Gasteiger partial charge in [0.25, 0.3) is 5.91 Å². The number of carbonyl (C=O) groups excluding carboxylic acids is 1. The van der Waals surface area contributed by atoms with Gasteiger partial charge in [0.05, 0.1) is 35.7 Å². The number of nitrogens with zero attached hydrogens (tertiary/aromatic N) is 2. The number of morpholine rings is 1. The molecule has 22 heavy (non-hydrogen) atoms. The maximum atomic E-state index is 12.8. The molecule has 0 saturated carbocycles. The van der Waals surface area contributed by atoms with Crippen molar-refractivity contribution in [2.75, 3.05) is 13.2 Å². The normalized spacial score (nSPS) is 21.9. The summed E-state index contributed by atoms with van der Waals surface area (Å²) in [6, 6.07) is 5.96. The van der Waals surface area contributed by atoms with Gasteiger partial charge < -0.3 is 9.64 Å². The summed E-state index contributed by atoms with van der Waals surface area (Å²) in [4.78, 5) is 19.3. The lowest BCUT2D eigenvalue weighted by Crippen LogP contribution is -2.50. The number of aromatic nitrogens is 1. The lowest BCUT2D eigenvalue weighted by molar-refractivity contribution is -0.0387. The molecule has 1 fully saturated rings. The summed E-state index contributed by atoms with van der Waals surface area (Å²) in [6.45, 7) is 7.14. The number of rotatable bonds is 2. The highest BCUT2D eigenvalue weighted by Gasteiger charge is 2.29. The Labute approximate surface area is 134 Å². The monoisotopic (exact) mass is 316 g/mol. The SMILES string of the molecule is Cc1nc(-c2ccsc2)ccc1C(=O)N1CC(C)OCC1C. The summed E-state index contributed by atoms with van der Waals surface area (Å²) in [7, 11) is 0. The number of hydrogen-bond donors (Lipinski definition) is 0. The molecule has 1 saturated heterocycles. The minimum Gasteiger partial charge on any atom is -0.375 e. The highest BCUT2D eigenvalue weighted by molar-refractivity contribution is 7.08. The molecule has 0 radical (unpaired) electrons. The highest BCUT2D eigenvalue weighted by atomic mass is 32.1. The fraction of sp³-hybridized carbons (Fsp3) is 0.412. The molecule has 1 aliphatic rings. The summed E-state index contributed by atoms with van der Waals surface area (Å²) in [5, 5.41) is 4.09. The van der Waals surface area contributed by atoms with Crippen LogP contribution in [0.15, 0.2) is 29.0 Å². The number of ether oxygens (including phenoxy) is 1.